The monoisotopic (exact) mass is 370 g/mol. The van der Waals surface area contributed by atoms with Gasteiger partial charge in [0, 0.05) is 12.3 Å². The normalized spacial score (nSPS) is 12.1. The lowest BCUT2D eigenvalue weighted by molar-refractivity contribution is -0.287. The van der Waals surface area contributed by atoms with E-state index in [-0.39, 0.29) is 12.1 Å². The second-order valence-electron chi connectivity index (χ2n) is 4.61. The van der Waals surface area contributed by atoms with E-state index in [9.17, 15) is 35.9 Å². The van der Waals surface area contributed by atoms with Crippen LogP contribution in [0.2, 0.25) is 0 Å². The van der Waals surface area contributed by atoms with Gasteiger partial charge in [0.25, 0.3) is 5.56 Å². The van der Waals surface area contributed by atoms with Crippen molar-refractivity contribution < 1.29 is 35.8 Å². The fraction of sp³-hybridized carbons (Fsp3) is 0.231. The molecule has 12 heteroatoms. The summed E-state index contributed by atoms with van der Waals surface area (Å²) in [7, 11) is 0. The SMILES string of the molecule is O=c1ccn(Cc2ccc(OC(F)(F)F)c(OC(F)(F)F)c2)c(=O)[nH]1. The Hall–Kier alpha value is -2.92. The van der Waals surface area contributed by atoms with Gasteiger partial charge in [-0.2, -0.15) is 0 Å². The molecule has 0 unspecified atom stereocenters. The molecule has 25 heavy (non-hydrogen) atoms. The number of aromatic amines is 1. The van der Waals surface area contributed by atoms with Gasteiger partial charge in [0.1, 0.15) is 0 Å². The lowest BCUT2D eigenvalue weighted by atomic mass is 10.2. The molecule has 0 fully saturated rings. The minimum atomic E-state index is -5.25. The second-order valence-corrected chi connectivity index (χ2v) is 4.61. The molecule has 0 saturated carbocycles. The minimum absolute atomic E-state index is 0.00271. The maximum absolute atomic E-state index is 12.4. The minimum Gasteiger partial charge on any atom is -0.402 e. The second kappa shape index (κ2) is 6.53. The van der Waals surface area contributed by atoms with E-state index in [1.165, 1.54) is 0 Å². The smallest absolute Gasteiger partial charge is 0.402 e. The van der Waals surface area contributed by atoms with Gasteiger partial charge in [-0.15, -0.1) is 26.3 Å². The van der Waals surface area contributed by atoms with Crippen LogP contribution >= 0.6 is 0 Å². The van der Waals surface area contributed by atoms with E-state index in [4.69, 9.17) is 0 Å². The summed E-state index contributed by atoms with van der Waals surface area (Å²) in [5.74, 6) is -2.41. The number of ether oxygens (including phenoxy) is 2. The Bertz CT molecular complexity index is 868. The molecule has 0 aliphatic carbocycles. The number of H-pyrrole nitrogens is 1. The third-order valence-electron chi connectivity index (χ3n) is 2.71. The van der Waals surface area contributed by atoms with Gasteiger partial charge in [-0.1, -0.05) is 6.07 Å². The van der Waals surface area contributed by atoms with Crippen molar-refractivity contribution >= 4 is 0 Å². The molecule has 136 valence electrons. The maximum atomic E-state index is 12.4. The van der Waals surface area contributed by atoms with Gasteiger partial charge >= 0.3 is 18.4 Å². The summed E-state index contributed by atoms with van der Waals surface area (Å²) in [6, 6.07) is 3.28. The molecule has 1 heterocycles. The highest BCUT2D eigenvalue weighted by molar-refractivity contribution is 5.43. The van der Waals surface area contributed by atoms with Crippen molar-refractivity contribution in [1.29, 1.82) is 0 Å². The van der Waals surface area contributed by atoms with E-state index in [1.807, 2.05) is 4.98 Å². The third kappa shape index (κ3) is 5.58. The predicted octanol–water partition coefficient (Wildman–Crippen LogP) is 2.38. The first-order valence-electron chi connectivity index (χ1n) is 6.37. The Balaban J connectivity index is 2.38. The molecule has 2 rings (SSSR count). The third-order valence-corrected chi connectivity index (χ3v) is 2.71. The van der Waals surface area contributed by atoms with Crippen molar-refractivity contribution in [2.45, 2.75) is 19.3 Å². The molecule has 0 aliphatic heterocycles. The quantitative estimate of drug-likeness (QED) is 0.839. The molecular formula is C13H8F6N2O4. The van der Waals surface area contributed by atoms with Crippen LogP contribution in [0.4, 0.5) is 26.3 Å². The molecule has 0 atom stereocenters. The molecule has 6 nitrogen and oxygen atoms in total. The summed E-state index contributed by atoms with van der Waals surface area (Å²) in [6.45, 7) is -0.323. The molecule has 0 spiro atoms. The Morgan fingerprint density at radius 1 is 0.920 bits per heavy atom. The highest BCUT2D eigenvalue weighted by atomic mass is 19.4. The van der Waals surface area contributed by atoms with Gasteiger partial charge in [-0.3, -0.25) is 14.3 Å². The zero-order valence-corrected chi connectivity index (χ0v) is 11.9. The number of halogens is 6. The molecule has 1 aromatic heterocycles. The van der Waals surface area contributed by atoms with E-state index in [1.54, 1.807) is 0 Å². The van der Waals surface area contributed by atoms with E-state index < -0.39 is 35.5 Å². The summed E-state index contributed by atoms with van der Waals surface area (Å²) >= 11 is 0. The molecule has 0 radical (unpaired) electrons. The molecular weight excluding hydrogens is 362 g/mol. The van der Waals surface area contributed by atoms with Crippen LogP contribution in [-0.2, 0) is 6.54 Å². The van der Waals surface area contributed by atoms with Crippen molar-refractivity contribution in [3.8, 4) is 11.5 Å². The zero-order valence-electron chi connectivity index (χ0n) is 11.9. The highest BCUT2D eigenvalue weighted by Gasteiger charge is 2.36. The van der Waals surface area contributed by atoms with E-state index >= 15 is 0 Å². The van der Waals surface area contributed by atoms with Crippen LogP contribution in [0.5, 0.6) is 11.5 Å². The summed E-state index contributed by atoms with van der Waals surface area (Å²) in [6.07, 6.45) is -9.40. The van der Waals surface area contributed by atoms with Crippen LogP contribution < -0.4 is 20.7 Å². The highest BCUT2D eigenvalue weighted by Crippen LogP contribution is 2.36. The average molecular weight is 370 g/mol. The first-order valence-corrected chi connectivity index (χ1v) is 6.37. The summed E-state index contributed by atoms with van der Waals surface area (Å²) < 4.78 is 81.8. The zero-order chi connectivity index (χ0) is 18.8. The maximum Gasteiger partial charge on any atom is 0.573 e. The van der Waals surface area contributed by atoms with Crippen molar-refractivity contribution in [2.75, 3.05) is 0 Å². The molecule has 1 aromatic carbocycles. The Labute approximate surface area is 134 Å². The van der Waals surface area contributed by atoms with E-state index in [2.05, 4.69) is 9.47 Å². The average Bonchev–Trinajstić information content (AvgIpc) is 2.42. The van der Waals surface area contributed by atoms with Crippen LogP contribution in [0.1, 0.15) is 5.56 Å². The number of hydrogen-bond acceptors (Lipinski definition) is 4. The van der Waals surface area contributed by atoms with Crippen molar-refractivity contribution in [3.63, 3.8) is 0 Å². The number of nitrogens with one attached hydrogen (secondary N) is 1. The van der Waals surface area contributed by atoms with Crippen LogP contribution in [-0.4, -0.2) is 22.3 Å². The lowest BCUT2D eigenvalue weighted by Gasteiger charge is -2.16. The number of nitrogens with zero attached hydrogens (tertiary/aromatic N) is 1. The molecule has 1 N–H and O–H groups in total. The molecule has 0 bridgehead atoms. The van der Waals surface area contributed by atoms with Gasteiger partial charge in [-0.25, -0.2) is 4.79 Å². The Morgan fingerprint density at radius 2 is 1.52 bits per heavy atom. The van der Waals surface area contributed by atoms with Gasteiger partial charge in [0.05, 0.1) is 6.54 Å². The van der Waals surface area contributed by atoms with Gasteiger partial charge in [0.2, 0.25) is 0 Å². The molecule has 2 aromatic rings. The van der Waals surface area contributed by atoms with Gasteiger partial charge < -0.3 is 9.47 Å². The first-order chi connectivity index (χ1) is 11.4. The summed E-state index contributed by atoms with van der Waals surface area (Å²) in [5, 5.41) is 0. The number of hydrogen-bond donors (Lipinski definition) is 1. The Kier molecular flexibility index (Phi) is 4.81. The fourth-order valence-electron chi connectivity index (χ4n) is 1.83. The van der Waals surface area contributed by atoms with Crippen molar-refractivity contribution in [3.05, 3.63) is 56.9 Å². The van der Waals surface area contributed by atoms with Gasteiger partial charge in [0.15, 0.2) is 11.5 Å². The molecule has 0 saturated heterocycles. The number of benzene rings is 1. The first kappa shape index (κ1) is 18.4. The Morgan fingerprint density at radius 3 is 2.08 bits per heavy atom. The summed E-state index contributed by atoms with van der Waals surface area (Å²) in [5.41, 5.74) is -1.53. The topological polar surface area (TPSA) is 73.3 Å². The number of aromatic nitrogens is 2. The van der Waals surface area contributed by atoms with E-state index in [0.29, 0.717) is 12.1 Å². The number of alkyl halides is 6. The standard InChI is InChI=1S/C13H8F6N2O4/c14-12(15,16)24-8-2-1-7(5-9(8)25-13(17,18)19)6-21-4-3-10(22)20-11(21)23/h1-5H,6H2,(H,20,22,23). The van der Waals surface area contributed by atoms with Gasteiger partial charge in [-0.05, 0) is 17.7 Å². The van der Waals surface area contributed by atoms with Crippen LogP contribution in [0.25, 0.3) is 0 Å². The molecule has 0 aliphatic rings. The van der Waals surface area contributed by atoms with Crippen LogP contribution in [0.3, 0.4) is 0 Å². The number of rotatable bonds is 4. The van der Waals surface area contributed by atoms with E-state index in [0.717, 1.165) is 22.9 Å². The molecule has 0 amide bonds. The van der Waals surface area contributed by atoms with Crippen molar-refractivity contribution in [1.82, 2.24) is 9.55 Å². The van der Waals surface area contributed by atoms with Crippen LogP contribution in [0, 0.1) is 0 Å². The van der Waals surface area contributed by atoms with Crippen molar-refractivity contribution in [2.24, 2.45) is 0 Å². The van der Waals surface area contributed by atoms with Crippen LogP contribution in [0.15, 0.2) is 40.1 Å². The largest absolute Gasteiger partial charge is 0.573 e. The fourth-order valence-corrected chi connectivity index (χ4v) is 1.83. The lowest BCUT2D eigenvalue weighted by Crippen LogP contribution is -2.29. The summed E-state index contributed by atoms with van der Waals surface area (Å²) in [4.78, 5) is 24.4. The predicted molar refractivity (Wildman–Crippen MR) is 70.2 cm³/mol.